The van der Waals surface area contributed by atoms with Crippen LogP contribution in [-0.2, 0) is 13.0 Å². The molecule has 1 aliphatic heterocycles. The molecule has 0 bridgehead atoms. The third kappa shape index (κ3) is 3.70. The lowest BCUT2D eigenvalue weighted by Crippen LogP contribution is -2.49. The van der Waals surface area contributed by atoms with Crippen molar-refractivity contribution in [2.45, 2.75) is 19.9 Å². The number of aromatic amines is 1. The number of rotatable bonds is 5. The van der Waals surface area contributed by atoms with Gasteiger partial charge in [0.15, 0.2) is 0 Å². The molecule has 24 heavy (non-hydrogen) atoms. The average molecular weight is 330 g/mol. The number of amides is 1. The molecule has 1 amide bonds. The van der Waals surface area contributed by atoms with E-state index in [2.05, 4.69) is 31.6 Å². The van der Waals surface area contributed by atoms with Gasteiger partial charge >= 0.3 is 0 Å². The second-order valence-corrected chi connectivity index (χ2v) is 5.83. The van der Waals surface area contributed by atoms with Gasteiger partial charge in [-0.1, -0.05) is 6.92 Å². The zero-order valence-electron chi connectivity index (χ0n) is 13.8. The predicted octanol–water partition coefficient (Wildman–Crippen LogP) is -0.0132. The summed E-state index contributed by atoms with van der Waals surface area (Å²) in [5.74, 6) is 0.974. The number of carbonyl (C=O) groups is 1. The van der Waals surface area contributed by atoms with E-state index in [9.17, 15) is 9.59 Å². The summed E-state index contributed by atoms with van der Waals surface area (Å²) >= 11 is 0. The molecule has 0 aromatic carbocycles. The molecule has 0 unspecified atom stereocenters. The Balaban J connectivity index is 1.49. The maximum Gasteiger partial charge on any atom is 0.274 e. The van der Waals surface area contributed by atoms with Gasteiger partial charge in [0.2, 0.25) is 0 Å². The molecule has 0 saturated carbocycles. The van der Waals surface area contributed by atoms with Crippen LogP contribution in [-0.4, -0.2) is 68.2 Å². The molecule has 8 heteroatoms. The van der Waals surface area contributed by atoms with Gasteiger partial charge in [-0.2, -0.15) is 5.10 Å². The second kappa shape index (κ2) is 7.39. The molecule has 8 nitrogen and oxygen atoms in total. The monoisotopic (exact) mass is 330 g/mol. The molecule has 3 rings (SSSR count). The summed E-state index contributed by atoms with van der Waals surface area (Å²) in [5, 5.41) is 6.11. The van der Waals surface area contributed by atoms with Crippen molar-refractivity contribution in [2.24, 2.45) is 0 Å². The first-order chi connectivity index (χ1) is 11.7. The number of hydrogen-bond donors (Lipinski definition) is 1. The number of nitrogens with zero attached hydrogens (tertiary/aromatic N) is 5. The fraction of sp³-hybridized carbons (Fsp3) is 0.500. The minimum absolute atomic E-state index is 0.131. The van der Waals surface area contributed by atoms with Gasteiger partial charge in [0.05, 0.1) is 0 Å². The van der Waals surface area contributed by atoms with Crippen molar-refractivity contribution in [3.8, 4) is 0 Å². The van der Waals surface area contributed by atoms with Crippen molar-refractivity contribution in [3.63, 3.8) is 0 Å². The minimum Gasteiger partial charge on any atom is -0.335 e. The summed E-state index contributed by atoms with van der Waals surface area (Å²) in [4.78, 5) is 31.8. The zero-order chi connectivity index (χ0) is 16.9. The van der Waals surface area contributed by atoms with Crippen molar-refractivity contribution in [1.29, 1.82) is 0 Å². The molecule has 0 radical (unpaired) electrons. The van der Waals surface area contributed by atoms with E-state index in [1.807, 2.05) is 12.4 Å². The third-order valence-electron chi connectivity index (χ3n) is 4.33. The molecule has 1 saturated heterocycles. The van der Waals surface area contributed by atoms with E-state index >= 15 is 0 Å². The van der Waals surface area contributed by atoms with E-state index in [1.165, 1.54) is 12.1 Å². The predicted molar refractivity (Wildman–Crippen MR) is 88.8 cm³/mol. The number of carbonyl (C=O) groups excluding carboxylic acids is 1. The van der Waals surface area contributed by atoms with Crippen LogP contribution in [0.15, 0.2) is 29.3 Å². The van der Waals surface area contributed by atoms with Crippen molar-refractivity contribution in [3.05, 3.63) is 46.4 Å². The highest BCUT2D eigenvalue weighted by molar-refractivity contribution is 5.92. The van der Waals surface area contributed by atoms with Crippen LogP contribution < -0.4 is 5.56 Å². The Hall–Kier alpha value is -2.48. The molecule has 2 aromatic heterocycles. The van der Waals surface area contributed by atoms with Gasteiger partial charge in [-0.15, -0.1) is 0 Å². The van der Waals surface area contributed by atoms with Crippen molar-refractivity contribution >= 4 is 5.91 Å². The van der Waals surface area contributed by atoms with Crippen LogP contribution in [0.1, 0.15) is 23.2 Å². The number of H-pyrrole nitrogens is 1. The van der Waals surface area contributed by atoms with E-state index in [0.717, 1.165) is 38.4 Å². The first-order valence-corrected chi connectivity index (χ1v) is 8.24. The van der Waals surface area contributed by atoms with Crippen LogP contribution in [0.5, 0.6) is 0 Å². The molecule has 128 valence electrons. The summed E-state index contributed by atoms with van der Waals surface area (Å²) in [6, 6.07) is 2.80. The molecule has 2 aromatic rings. The number of aromatic nitrogens is 4. The molecule has 1 aliphatic rings. The Labute approximate surface area is 140 Å². The maximum absolute atomic E-state index is 12.4. The van der Waals surface area contributed by atoms with E-state index in [4.69, 9.17) is 0 Å². The van der Waals surface area contributed by atoms with Gasteiger partial charge < -0.3 is 9.47 Å². The third-order valence-corrected chi connectivity index (χ3v) is 4.33. The summed E-state index contributed by atoms with van der Waals surface area (Å²) in [6.07, 6.45) is 4.79. The lowest BCUT2D eigenvalue weighted by molar-refractivity contribution is 0.0626. The van der Waals surface area contributed by atoms with Crippen LogP contribution in [0.3, 0.4) is 0 Å². The molecule has 0 atom stereocenters. The Morgan fingerprint density at radius 2 is 2.00 bits per heavy atom. The molecular formula is C16H22N6O2. The van der Waals surface area contributed by atoms with E-state index < -0.39 is 0 Å². The van der Waals surface area contributed by atoms with Gasteiger partial charge in [-0.3, -0.25) is 14.5 Å². The molecule has 3 heterocycles. The highest BCUT2D eigenvalue weighted by atomic mass is 16.2. The van der Waals surface area contributed by atoms with Gasteiger partial charge in [0.1, 0.15) is 11.5 Å². The zero-order valence-corrected chi connectivity index (χ0v) is 13.8. The number of imidazole rings is 1. The lowest BCUT2D eigenvalue weighted by atomic mass is 10.2. The van der Waals surface area contributed by atoms with E-state index in [0.29, 0.717) is 13.1 Å². The normalized spacial score (nSPS) is 15.6. The number of piperazine rings is 1. The topological polar surface area (TPSA) is 87.1 Å². The molecular weight excluding hydrogens is 308 g/mol. The summed E-state index contributed by atoms with van der Waals surface area (Å²) in [6.45, 7) is 6.99. The van der Waals surface area contributed by atoms with Gasteiger partial charge in [-0.05, 0) is 6.07 Å². The number of nitrogens with one attached hydrogen (secondary N) is 1. The van der Waals surface area contributed by atoms with Crippen LogP contribution in [0.4, 0.5) is 0 Å². The van der Waals surface area contributed by atoms with Crippen LogP contribution >= 0.6 is 0 Å². The Kier molecular flexibility index (Phi) is 5.05. The van der Waals surface area contributed by atoms with Crippen molar-refractivity contribution in [2.75, 3.05) is 32.7 Å². The first-order valence-electron chi connectivity index (χ1n) is 8.24. The largest absolute Gasteiger partial charge is 0.335 e. The van der Waals surface area contributed by atoms with Crippen molar-refractivity contribution < 1.29 is 4.79 Å². The standard InChI is InChI=1S/C16H22N6O2/c1-2-14-17-5-6-21(14)10-7-20-8-11-22(12-9-20)16(24)13-3-4-15(23)19-18-13/h3-6H,2,7-12H2,1H3,(H,19,23). The van der Waals surface area contributed by atoms with Crippen molar-refractivity contribution in [1.82, 2.24) is 29.5 Å². The smallest absolute Gasteiger partial charge is 0.274 e. The molecule has 0 aliphatic carbocycles. The Morgan fingerprint density at radius 3 is 2.67 bits per heavy atom. The summed E-state index contributed by atoms with van der Waals surface area (Å²) in [5.41, 5.74) is -0.0172. The molecule has 1 fully saturated rings. The van der Waals surface area contributed by atoms with Gasteiger partial charge in [-0.25, -0.2) is 10.1 Å². The quantitative estimate of drug-likeness (QED) is 0.833. The van der Waals surface area contributed by atoms with Gasteiger partial charge in [0.25, 0.3) is 11.5 Å². The summed E-state index contributed by atoms with van der Waals surface area (Å²) < 4.78 is 2.18. The molecule has 0 spiro atoms. The lowest BCUT2D eigenvalue weighted by Gasteiger charge is -2.34. The van der Waals surface area contributed by atoms with E-state index in [1.54, 1.807) is 4.90 Å². The fourth-order valence-electron chi connectivity index (χ4n) is 2.91. The highest BCUT2D eigenvalue weighted by Crippen LogP contribution is 2.07. The maximum atomic E-state index is 12.4. The van der Waals surface area contributed by atoms with Crippen LogP contribution in [0, 0.1) is 0 Å². The van der Waals surface area contributed by atoms with Crippen LogP contribution in [0.25, 0.3) is 0 Å². The highest BCUT2D eigenvalue weighted by Gasteiger charge is 2.23. The van der Waals surface area contributed by atoms with Gasteiger partial charge in [0, 0.05) is 64.1 Å². The molecule has 1 N–H and O–H groups in total. The summed E-state index contributed by atoms with van der Waals surface area (Å²) in [7, 11) is 0. The minimum atomic E-state index is -0.303. The van der Waals surface area contributed by atoms with Crippen LogP contribution in [0.2, 0.25) is 0 Å². The number of aryl methyl sites for hydroxylation is 1. The Morgan fingerprint density at radius 1 is 1.21 bits per heavy atom. The first kappa shape index (κ1) is 16.4. The number of hydrogen-bond acceptors (Lipinski definition) is 5. The fourth-order valence-corrected chi connectivity index (χ4v) is 2.91. The Bertz CT molecular complexity index is 725. The second-order valence-electron chi connectivity index (χ2n) is 5.83. The average Bonchev–Trinajstić information content (AvgIpc) is 3.08. The SMILES string of the molecule is CCc1nccn1CCN1CCN(C(=O)c2ccc(=O)[nH]n2)CC1. The van der Waals surface area contributed by atoms with E-state index in [-0.39, 0.29) is 17.2 Å².